The van der Waals surface area contributed by atoms with Gasteiger partial charge >= 0.3 is 0 Å². The van der Waals surface area contributed by atoms with Crippen molar-refractivity contribution in [3.8, 4) is 11.5 Å². The number of anilines is 2. The average Bonchev–Trinajstić information content (AvgIpc) is 3.38. The van der Waals surface area contributed by atoms with Gasteiger partial charge in [-0.15, -0.1) is 0 Å². The first kappa shape index (κ1) is 27.8. The number of halogens is 1. The first-order chi connectivity index (χ1) is 20.7. The van der Waals surface area contributed by atoms with Gasteiger partial charge in [0.05, 0.1) is 41.7 Å². The number of benzene rings is 3. The molecule has 2 aliphatic heterocycles. The summed E-state index contributed by atoms with van der Waals surface area (Å²) in [4.78, 5) is 59.2. The summed E-state index contributed by atoms with van der Waals surface area (Å²) in [6.07, 6.45) is 2.63. The molecule has 3 aromatic carbocycles. The highest BCUT2D eigenvalue weighted by molar-refractivity contribution is 14.1. The van der Waals surface area contributed by atoms with Gasteiger partial charge in [-0.3, -0.25) is 24.1 Å². The minimum absolute atomic E-state index is 0.0109. The molecule has 2 aliphatic carbocycles. The van der Waals surface area contributed by atoms with Crippen LogP contribution < -0.4 is 14.5 Å². The van der Waals surface area contributed by atoms with Crippen LogP contribution in [0.4, 0.5) is 11.4 Å². The standard InChI is InChI=1S/C34H29IN2O6/c1-34-26(31(40)37(33(34)42)19-6-4-3-5-7-19)17-25-22(29(34)23-13-12-21(38)16-27(23)43-2)14-15-24-28(25)32(41)36(30(24)39)20-10-8-18(35)9-11-20/h3-14,16,24-26,28-29,38H,15,17H2,1-2H3. The maximum atomic E-state index is 14.5. The molecule has 6 atom stereocenters. The third-order valence-corrected chi connectivity index (χ3v) is 10.6. The molecule has 43 heavy (non-hydrogen) atoms. The molecule has 7 rings (SSSR count). The van der Waals surface area contributed by atoms with Crippen LogP contribution in [0, 0.1) is 32.7 Å². The van der Waals surface area contributed by atoms with Crippen molar-refractivity contribution in [3.05, 3.63) is 93.6 Å². The fourth-order valence-electron chi connectivity index (χ4n) is 7.97. The molecule has 6 unspecified atom stereocenters. The van der Waals surface area contributed by atoms with Crippen molar-refractivity contribution < 1.29 is 29.0 Å². The molecule has 1 saturated carbocycles. The number of methoxy groups -OCH3 is 1. The fraction of sp³-hybridized carbons (Fsp3) is 0.294. The average molecular weight is 689 g/mol. The molecule has 8 nitrogen and oxygen atoms in total. The molecule has 0 radical (unpaired) electrons. The van der Waals surface area contributed by atoms with Gasteiger partial charge in [0.25, 0.3) is 0 Å². The second-order valence-corrected chi connectivity index (χ2v) is 13.2. The van der Waals surface area contributed by atoms with E-state index in [9.17, 15) is 24.3 Å². The summed E-state index contributed by atoms with van der Waals surface area (Å²) in [7, 11) is 1.50. The molecule has 4 amide bonds. The number of nitrogens with zero attached hydrogens (tertiary/aromatic N) is 2. The summed E-state index contributed by atoms with van der Waals surface area (Å²) in [5.74, 6) is -3.73. The van der Waals surface area contributed by atoms with Crippen LogP contribution in [-0.2, 0) is 19.2 Å². The Morgan fingerprint density at radius 2 is 1.56 bits per heavy atom. The molecule has 3 aromatic rings. The number of rotatable bonds is 4. The number of fused-ring (bicyclic) bond motifs is 4. The first-order valence-electron chi connectivity index (χ1n) is 14.3. The number of hydrogen-bond acceptors (Lipinski definition) is 6. The number of para-hydroxylation sites is 1. The lowest BCUT2D eigenvalue weighted by atomic mass is 9.51. The zero-order valence-corrected chi connectivity index (χ0v) is 25.7. The predicted octanol–water partition coefficient (Wildman–Crippen LogP) is 5.44. The Labute approximate surface area is 262 Å². The van der Waals surface area contributed by atoms with Crippen molar-refractivity contribution in [2.75, 3.05) is 16.9 Å². The Bertz CT molecular complexity index is 1720. The van der Waals surface area contributed by atoms with Crippen molar-refractivity contribution in [1.29, 1.82) is 0 Å². The summed E-state index contributed by atoms with van der Waals surface area (Å²) in [6.45, 7) is 1.83. The van der Waals surface area contributed by atoms with E-state index in [1.807, 2.05) is 31.2 Å². The van der Waals surface area contributed by atoms with E-state index in [4.69, 9.17) is 4.74 Å². The molecule has 4 aliphatic rings. The van der Waals surface area contributed by atoms with Gasteiger partial charge in [-0.25, -0.2) is 4.90 Å². The Balaban J connectivity index is 1.39. The number of carbonyl (C=O) groups is 4. The third kappa shape index (κ3) is 3.93. The molecule has 0 bridgehead atoms. The zero-order valence-electron chi connectivity index (χ0n) is 23.6. The van der Waals surface area contributed by atoms with Crippen LogP contribution in [0.2, 0.25) is 0 Å². The number of amides is 4. The van der Waals surface area contributed by atoms with Crippen molar-refractivity contribution in [3.63, 3.8) is 0 Å². The first-order valence-corrected chi connectivity index (χ1v) is 15.4. The highest BCUT2D eigenvalue weighted by Crippen LogP contribution is 2.64. The Morgan fingerprint density at radius 3 is 2.26 bits per heavy atom. The van der Waals surface area contributed by atoms with Gasteiger partial charge in [-0.05, 0) is 90.7 Å². The van der Waals surface area contributed by atoms with Gasteiger partial charge in [0.15, 0.2) is 0 Å². The SMILES string of the molecule is COc1cc(O)ccc1C1C2=CCC3C(=O)N(c4ccc(I)cc4)C(=O)C3C2CC2C(=O)N(c3ccccc3)C(=O)C21C. The van der Waals surface area contributed by atoms with E-state index in [-0.39, 0.29) is 35.8 Å². The molecule has 218 valence electrons. The number of allylic oxidation sites excluding steroid dienone is 2. The van der Waals surface area contributed by atoms with Gasteiger partial charge in [0.1, 0.15) is 11.5 Å². The normalized spacial score (nSPS) is 29.7. The van der Waals surface area contributed by atoms with Crippen LogP contribution in [0.5, 0.6) is 11.5 Å². The maximum absolute atomic E-state index is 14.5. The fourth-order valence-corrected chi connectivity index (χ4v) is 8.33. The highest BCUT2D eigenvalue weighted by Gasteiger charge is 2.68. The molecule has 0 spiro atoms. The minimum atomic E-state index is -1.19. The van der Waals surface area contributed by atoms with E-state index in [0.29, 0.717) is 29.1 Å². The molecule has 0 aromatic heterocycles. The van der Waals surface area contributed by atoms with Crippen LogP contribution in [0.1, 0.15) is 31.2 Å². The molecule has 9 heteroatoms. The van der Waals surface area contributed by atoms with Gasteiger partial charge in [0, 0.05) is 21.1 Å². The number of aromatic hydroxyl groups is 1. The van der Waals surface area contributed by atoms with E-state index >= 15 is 0 Å². The molecule has 3 fully saturated rings. The third-order valence-electron chi connectivity index (χ3n) is 9.90. The lowest BCUT2D eigenvalue weighted by molar-refractivity contribution is -0.131. The van der Waals surface area contributed by atoms with E-state index in [0.717, 1.165) is 9.14 Å². The summed E-state index contributed by atoms with van der Waals surface area (Å²) >= 11 is 2.18. The summed E-state index contributed by atoms with van der Waals surface area (Å²) in [5, 5.41) is 10.3. The monoisotopic (exact) mass is 688 g/mol. The largest absolute Gasteiger partial charge is 0.508 e. The Kier molecular flexibility index (Phi) is 6.50. The van der Waals surface area contributed by atoms with Gasteiger partial charge in [-0.1, -0.05) is 35.9 Å². The topological polar surface area (TPSA) is 104 Å². The van der Waals surface area contributed by atoms with Gasteiger partial charge in [0.2, 0.25) is 23.6 Å². The van der Waals surface area contributed by atoms with Crippen molar-refractivity contribution in [2.45, 2.75) is 25.7 Å². The highest BCUT2D eigenvalue weighted by atomic mass is 127. The van der Waals surface area contributed by atoms with E-state index < -0.39 is 35.0 Å². The molecular formula is C34H29IN2O6. The predicted molar refractivity (Wildman–Crippen MR) is 167 cm³/mol. The number of carbonyl (C=O) groups excluding carboxylic acids is 4. The van der Waals surface area contributed by atoms with E-state index in [1.54, 1.807) is 48.5 Å². The van der Waals surface area contributed by atoms with Crippen molar-refractivity contribution in [2.24, 2.45) is 29.1 Å². The number of phenols is 1. The second kappa shape index (κ2) is 10.0. The lowest BCUT2D eigenvalue weighted by Gasteiger charge is -2.49. The number of phenolic OH excluding ortho intramolecular Hbond substituents is 1. The molecular weight excluding hydrogens is 659 g/mol. The summed E-state index contributed by atoms with van der Waals surface area (Å²) in [5.41, 5.74) is 1.37. The van der Waals surface area contributed by atoms with Crippen LogP contribution in [0.25, 0.3) is 0 Å². The Hall–Kier alpha value is -3.99. The van der Waals surface area contributed by atoms with Crippen molar-refractivity contribution in [1.82, 2.24) is 0 Å². The van der Waals surface area contributed by atoms with Crippen LogP contribution in [-0.4, -0.2) is 35.8 Å². The van der Waals surface area contributed by atoms with Crippen molar-refractivity contribution >= 4 is 57.6 Å². The number of hydrogen-bond donors (Lipinski definition) is 1. The van der Waals surface area contributed by atoms with Gasteiger partial charge in [-0.2, -0.15) is 0 Å². The second-order valence-electron chi connectivity index (χ2n) is 11.9. The van der Waals surface area contributed by atoms with Gasteiger partial charge < -0.3 is 9.84 Å². The minimum Gasteiger partial charge on any atom is -0.508 e. The molecule has 1 N–H and O–H groups in total. The smallest absolute Gasteiger partial charge is 0.241 e. The van der Waals surface area contributed by atoms with Crippen LogP contribution >= 0.6 is 22.6 Å². The molecule has 2 heterocycles. The van der Waals surface area contributed by atoms with E-state index in [1.165, 1.54) is 23.0 Å². The van der Waals surface area contributed by atoms with Crippen LogP contribution in [0.3, 0.4) is 0 Å². The quantitative estimate of drug-likeness (QED) is 0.223. The summed E-state index contributed by atoms with van der Waals surface area (Å²) in [6, 6.07) is 21.0. The lowest BCUT2D eigenvalue weighted by Crippen LogP contribution is -2.49. The number of ether oxygens (including phenoxy) is 1. The molecule has 2 saturated heterocycles. The Morgan fingerprint density at radius 1 is 0.860 bits per heavy atom. The van der Waals surface area contributed by atoms with E-state index in [2.05, 4.69) is 22.6 Å². The van der Waals surface area contributed by atoms with Crippen LogP contribution in [0.15, 0.2) is 84.4 Å². The zero-order chi connectivity index (χ0) is 30.2. The number of imide groups is 2. The summed E-state index contributed by atoms with van der Waals surface area (Å²) < 4.78 is 6.70. The maximum Gasteiger partial charge on any atom is 0.241 e.